The number of fused-ring (bicyclic) bond motifs is 1. The van der Waals surface area contributed by atoms with E-state index in [9.17, 15) is 13.2 Å². The zero-order valence-corrected chi connectivity index (χ0v) is 15.3. The normalized spacial score (nSPS) is 14.4. The van der Waals surface area contributed by atoms with Crippen LogP contribution in [0, 0.1) is 0 Å². The molecule has 0 fully saturated rings. The number of carbonyl (C=O) groups is 1. The number of carbonyl (C=O) groups excluding carboxylic acids is 1. The van der Waals surface area contributed by atoms with E-state index in [1.54, 1.807) is 4.90 Å². The quantitative estimate of drug-likeness (QED) is 0.850. The second kappa shape index (κ2) is 8.29. The van der Waals surface area contributed by atoms with Crippen LogP contribution in [0.25, 0.3) is 6.08 Å². The first-order valence-corrected chi connectivity index (χ1v) is 10.2. The van der Waals surface area contributed by atoms with Crippen LogP contribution < -0.4 is 4.72 Å². The van der Waals surface area contributed by atoms with Crippen LogP contribution in [0.2, 0.25) is 0 Å². The summed E-state index contributed by atoms with van der Waals surface area (Å²) in [6.07, 6.45) is 2.53. The van der Waals surface area contributed by atoms with Crippen molar-refractivity contribution in [3.63, 3.8) is 0 Å². The van der Waals surface area contributed by atoms with Crippen molar-refractivity contribution < 1.29 is 13.2 Å². The first kappa shape index (κ1) is 18.4. The van der Waals surface area contributed by atoms with E-state index in [0.29, 0.717) is 13.1 Å². The number of rotatable bonds is 6. The maximum Gasteiger partial charge on any atom is 0.233 e. The predicted molar refractivity (Wildman–Crippen MR) is 103 cm³/mol. The van der Waals surface area contributed by atoms with E-state index in [0.717, 1.165) is 17.4 Å². The molecule has 2 aromatic carbocycles. The Hall–Kier alpha value is -2.44. The van der Waals surface area contributed by atoms with Crippen LogP contribution in [0.15, 0.2) is 60.0 Å². The molecular formula is C20H22N2O3S. The highest BCUT2D eigenvalue weighted by Crippen LogP contribution is 2.18. The number of amides is 1. The van der Waals surface area contributed by atoms with Gasteiger partial charge in [0.15, 0.2) is 0 Å². The fourth-order valence-electron chi connectivity index (χ4n) is 2.95. The molecule has 0 saturated heterocycles. The summed E-state index contributed by atoms with van der Waals surface area (Å²) in [4.78, 5) is 14.1. The summed E-state index contributed by atoms with van der Waals surface area (Å²) < 4.78 is 26.5. The highest BCUT2D eigenvalue weighted by Gasteiger charge is 2.20. The number of nitrogens with zero attached hydrogens (tertiary/aromatic N) is 1. The van der Waals surface area contributed by atoms with Gasteiger partial charge in [0, 0.05) is 31.5 Å². The average molecular weight is 370 g/mol. The van der Waals surface area contributed by atoms with Gasteiger partial charge in [-0.05, 0) is 29.2 Å². The van der Waals surface area contributed by atoms with Crippen LogP contribution >= 0.6 is 0 Å². The van der Waals surface area contributed by atoms with Crippen molar-refractivity contribution in [2.45, 2.75) is 19.4 Å². The fraction of sp³-hybridized carbons (Fsp3) is 0.250. The van der Waals surface area contributed by atoms with Crippen LogP contribution in [0.1, 0.15) is 23.1 Å². The molecule has 136 valence electrons. The number of sulfonamides is 1. The Labute approximate surface area is 154 Å². The van der Waals surface area contributed by atoms with E-state index in [-0.39, 0.29) is 18.9 Å². The highest BCUT2D eigenvalue weighted by atomic mass is 32.2. The van der Waals surface area contributed by atoms with Gasteiger partial charge in [-0.15, -0.1) is 0 Å². The topological polar surface area (TPSA) is 66.5 Å². The summed E-state index contributed by atoms with van der Waals surface area (Å²) in [5.74, 6) is -0.0331. The molecule has 1 heterocycles. The Balaban J connectivity index is 1.48. The monoisotopic (exact) mass is 370 g/mol. The highest BCUT2D eigenvalue weighted by molar-refractivity contribution is 7.92. The van der Waals surface area contributed by atoms with Gasteiger partial charge >= 0.3 is 0 Å². The number of hydrogen-bond donors (Lipinski definition) is 1. The minimum absolute atomic E-state index is 0.0331. The van der Waals surface area contributed by atoms with Gasteiger partial charge in [0.1, 0.15) is 0 Å². The molecule has 2 aromatic rings. The minimum atomic E-state index is -3.56. The van der Waals surface area contributed by atoms with E-state index in [1.807, 2.05) is 48.5 Å². The molecule has 1 amide bonds. The molecule has 0 aromatic heterocycles. The largest absolute Gasteiger partial charge is 0.338 e. The molecule has 26 heavy (non-hydrogen) atoms. The Morgan fingerprint density at radius 1 is 1.04 bits per heavy atom. The summed E-state index contributed by atoms with van der Waals surface area (Å²) in [6, 6.07) is 17.3. The SMILES string of the molecule is O=C(CCNS(=O)(=O)/C=C/c1ccccc1)N1CCc2ccccc2C1. The average Bonchev–Trinajstić information content (AvgIpc) is 2.67. The van der Waals surface area contributed by atoms with Crippen molar-refractivity contribution in [2.75, 3.05) is 13.1 Å². The van der Waals surface area contributed by atoms with Crippen molar-refractivity contribution in [2.24, 2.45) is 0 Å². The van der Waals surface area contributed by atoms with E-state index >= 15 is 0 Å². The van der Waals surface area contributed by atoms with Gasteiger partial charge in [-0.3, -0.25) is 4.79 Å². The lowest BCUT2D eigenvalue weighted by Gasteiger charge is -2.29. The zero-order valence-electron chi connectivity index (χ0n) is 14.5. The number of nitrogens with one attached hydrogen (secondary N) is 1. The maximum atomic E-state index is 12.3. The van der Waals surface area contributed by atoms with Gasteiger partial charge in [-0.1, -0.05) is 54.6 Å². The van der Waals surface area contributed by atoms with Gasteiger partial charge < -0.3 is 4.90 Å². The Morgan fingerprint density at radius 3 is 2.50 bits per heavy atom. The van der Waals surface area contributed by atoms with Crippen LogP contribution in [0.3, 0.4) is 0 Å². The predicted octanol–water partition coefficient (Wildman–Crippen LogP) is 2.55. The summed E-state index contributed by atoms with van der Waals surface area (Å²) in [5, 5.41) is 1.13. The molecule has 0 atom stereocenters. The van der Waals surface area contributed by atoms with Crippen LogP contribution in [-0.4, -0.2) is 32.3 Å². The third-order valence-electron chi connectivity index (χ3n) is 4.36. The molecule has 0 aliphatic carbocycles. The molecular weight excluding hydrogens is 348 g/mol. The van der Waals surface area contributed by atoms with Crippen LogP contribution in [-0.2, 0) is 27.8 Å². The molecule has 0 spiro atoms. The van der Waals surface area contributed by atoms with Gasteiger partial charge in [0.25, 0.3) is 0 Å². The third-order valence-corrected chi connectivity index (χ3v) is 5.47. The van der Waals surface area contributed by atoms with Crippen molar-refractivity contribution in [1.29, 1.82) is 0 Å². The minimum Gasteiger partial charge on any atom is -0.338 e. The zero-order chi connectivity index (χ0) is 18.4. The molecule has 0 saturated carbocycles. The first-order chi connectivity index (χ1) is 12.5. The number of hydrogen-bond acceptors (Lipinski definition) is 3. The summed E-state index contributed by atoms with van der Waals surface area (Å²) >= 11 is 0. The third kappa shape index (κ3) is 5.03. The fourth-order valence-corrected chi connectivity index (χ4v) is 3.77. The van der Waals surface area contributed by atoms with Crippen LogP contribution in [0.4, 0.5) is 0 Å². The Kier molecular flexibility index (Phi) is 5.85. The smallest absolute Gasteiger partial charge is 0.233 e. The molecule has 6 heteroatoms. The maximum absolute atomic E-state index is 12.3. The first-order valence-electron chi connectivity index (χ1n) is 8.61. The standard InChI is InChI=1S/C20H22N2O3S/c23-20(22-14-11-18-8-4-5-9-19(18)16-22)10-13-21-26(24,25)15-12-17-6-2-1-3-7-17/h1-9,12,15,21H,10-11,13-14,16H2/b15-12+. The summed E-state index contributed by atoms with van der Waals surface area (Å²) in [6.45, 7) is 1.37. The molecule has 0 radical (unpaired) electrons. The molecule has 1 aliphatic rings. The Morgan fingerprint density at radius 2 is 1.73 bits per heavy atom. The lowest BCUT2D eigenvalue weighted by molar-refractivity contribution is -0.131. The van der Waals surface area contributed by atoms with E-state index in [1.165, 1.54) is 17.2 Å². The van der Waals surface area contributed by atoms with E-state index < -0.39 is 10.0 Å². The Bertz CT molecular complexity index is 892. The van der Waals surface area contributed by atoms with Gasteiger partial charge in [-0.2, -0.15) is 0 Å². The van der Waals surface area contributed by atoms with E-state index in [2.05, 4.69) is 10.8 Å². The second-order valence-corrected chi connectivity index (χ2v) is 7.89. The van der Waals surface area contributed by atoms with Crippen molar-refractivity contribution in [3.8, 4) is 0 Å². The molecule has 5 nitrogen and oxygen atoms in total. The van der Waals surface area contributed by atoms with Crippen molar-refractivity contribution in [3.05, 3.63) is 76.7 Å². The van der Waals surface area contributed by atoms with Gasteiger partial charge in [0.2, 0.25) is 15.9 Å². The molecule has 1 aliphatic heterocycles. The van der Waals surface area contributed by atoms with Crippen LogP contribution in [0.5, 0.6) is 0 Å². The number of benzene rings is 2. The lowest BCUT2D eigenvalue weighted by Crippen LogP contribution is -2.37. The summed E-state index contributed by atoms with van der Waals surface area (Å²) in [7, 11) is -3.56. The van der Waals surface area contributed by atoms with Gasteiger partial charge in [0.05, 0.1) is 0 Å². The van der Waals surface area contributed by atoms with Crippen molar-refractivity contribution in [1.82, 2.24) is 9.62 Å². The van der Waals surface area contributed by atoms with E-state index in [4.69, 9.17) is 0 Å². The molecule has 0 bridgehead atoms. The summed E-state index contributed by atoms with van der Waals surface area (Å²) in [5.41, 5.74) is 3.25. The molecule has 0 unspecified atom stereocenters. The van der Waals surface area contributed by atoms with Crippen molar-refractivity contribution >= 4 is 22.0 Å². The second-order valence-electron chi connectivity index (χ2n) is 6.24. The van der Waals surface area contributed by atoms with Gasteiger partial charge in [-0.25, -0.2) is 13.1 Å². The lowest BCUT2D eigenvalue weighted by atomic mass is 10.00. The molecule has 1 N–H and O–H groups in total. The molecule has 3 rings (SSSR count).